The standard InChI is InChI=1S/C6H8O3.C2HF3O2/c7-6(8)5-3-1-2-4-9-5;3-2(4,5)1(6)7/h3H,1-2,4H2,(H,7,8);(H,6,7). The largest absolute Gasteiger partial charge is 0.490 e. The Hall–Kier alpha value is -1.73. The van der Waals surface area contributed by atoms with Crippen molar-refractivity contribution in [2.45, 2.75) is 19.0 Å². The molecule has 8 heteroatoms. The summed E-state index contributed by atoms with van der Waals surface area (Å²) in [6.45, 7) is 0.540. The number of rotatable bonds is 1. The number of carboxylic acid groups (broad SMARTS) is 2. The highest BCUT2D eigenvalue weighted by atomic mass is 19.4. The molecule has 0 spiro atoms. The lowest BCUT2D eigenvalue weighted by Crippen LogP contribution is -2.21. The van der Waals surface area contributed by atoms with Crippen LogP contribution >= 0.6 is 0 Å². The van der Waals surface area contributed by atoms with Crippen molar-refractivity contribution in [1.29, 1.82) is 0 Å². The highest BCUT2D eigenvalue weighted by molar-refractivity contribution is 5.84. The third kappa shape index (κ3) is 5.89. The zero-order chi connectivity index (χ0) is 12.8. The molecule has 5 nitrogen and oxygen atoms in total. The van der Waals surface area contributed by atoms with Crippen LogP contribution in [0.2, 0.25) is 0 Å². The predicted octanol–water partition coefficient (Wildman–Crippen LogP) is 1.40. The fourth-order valence-corrected chi connectivity index (χ4v) is 0.707. The minimum atomic E-state index is -5.08. The van der Waals surface area contributed by atoms with Gasteiger partial charge in [-0.15, -0.1) is 0 Å². The third-order valence-electron chi connectivity index (χ3n) is 1.39. The van der Waals surface area contributed by atoms with E-state index in [1.54, 1.807) is 6.08 Å². The van der Waals surface area contributed by atoms with E-state index in [-0.39, 0.29) is 5.76 Å². The number of allylic oxidation sites excluding steroid dienone is 1. The molecule has 0 atom stereocenters. The molecule has 2 N–H and O–H groups in total. The Kier molecular flexibility index (Phi) is 5.34. The van der Waals surface area contributed by atoms with Crippen molar-refractivity contribution in [2.24, 2.45) is 0 Å². The van der Waals surface area contributed by atoms with E-state index in [9.17, 15) is 18.0 Å². The monoisotopic (exact) mass is 242 g/mol. The molecule has 0 fully saturated rings. The first-order valence-corrected chi connectivity index (χ1v) is 4.11. The van der Waals surface area contributed by atoms with Gasteiger partial charge in [-0.2, -0.15) is 13.2 Å². The number of hydrogen-bond acceptors (Lipinski definition) is 3. The lowest BCUT2D eigenvalue weighted by atomic mass is 10.2. The van der Waals surface area contributed by atoms with Gasteiger partial charge in [0.1, 0.15) is 0 Å². The second-order valence-electron chi connectivity index (χ2n) is 2.67. The maximum absolute atomic E-state index is 10.6. The molecular weight excluding hydrogens is 233 g/mol. The van der Waals surface area contributed by atoms with E-state index in [0.29, 0.717) is 6.61 Å². The first kappa shape index (κ1) is 14.3. The molecule has 0 saturated carbocycles. The minimum Gasteiger partial charge on any atom is -0.487 e. The average molecular weight is 242 g/mol. The molecule has 1 aliphatic heterocycles. The Balaban J connectivity index is 0.000000293. The van der Waals surface area contributed by atoms with Crippen LogP contribution in [0.5, 0.6) is 0 Å². The molecule has 0 bridgehead atoms. The highest BCUT2D eigenvalue weighted by Crippen LogP contribution is 2.13. The molecule has 0 unspecified atom stereocenters. The number of carboxylic acids is 2. The second kappa shape index (κ2) is 5.99. The third-order valence-corrected chi connectivity index (χ3v) is 1.39. The SMILES string of the molecule is O=C(O)C(F)(F)F.O=C(O)C1=CCCCO1. The summed E-state index contributed by atoms with van der Waals surface area (Å²) in [5.41, 5.74) is 0. The summed E-state index contributed by atoms with van der Waals surface area (Å²) in [7, 11) is 0. The molecule has 1 rings (SSSR count). The zero-order valence-corrected chi connectivity index (χ0v) is 7.95. The Morgan fingerprint density at radius 3 is 2.00 bits per heavy atom. The molecule has 16 heavy (non-hydrogen) atoms. The van der Waals surface area contributed by atoms with E-state index in [1.165, 1.54) is 0 Å². The van der Waals surface area contributed by atoms with Gasteiger partial charge in [0.15, 0.2) is 5.76 Å². The van der Waals surface area contributed by atoms with Crippen molar-refractivity contribution in [1.82, 2.24) is 0 Å². The van der Waals surface area contributed by atoms with Gasteiger partial charge in [0, 0.05) is 0 Å². The van der Waals surface area contributed by atoms with Gasteiger partial charge in [-0.25, -0.2) is 9.59 Å². The molecule has 0 radical (unpaired) electrons. The molecule has 1 aliphatic rings. The first-order valence-electron chi connectivity index (χ1n) is 4.11. The van der Waals surface area contributed by atoms with Gasteiger partial charge in [0.05, 0.1) is 6.61 Å². The van der Waals surface area contributed by atoms with Crippen molar-refractivity contribution >= 4 is 11.9 Å². The molecule has 0 aromatic heterocycles. The number of carbonyl (C=O) groups is 2. The van der Waals surface area contributed by atoms with Crippen LogP contribution < -0.4 is 0 Å². The van der Waals surface area contributed by atoms with Crippen LogP contribution in [0, 0.1) is 0 Å². The van der Waals surface area contributed by atoms with Crippen LogP contribution in [0.4, 0.5) is 13.2 Å². The summed E-state index contributed by atoms with van der Waals surface area (Å²) < 4.78 is 36.5. The van der Waals surface area contributed by atoms with E-state index in [0.717, 1.165) is 12.8 Å². The Bertz CT molecular complexity index is 295. The molecule has 0 saturated heterocycles. The quantitative estimate of drug-likeness (QED) is 0.726. The number of hydrogen-bond donors (Lipinski definition) is 2. The summed E-state index contributed by atoms with van der Waals surface area (Å²) >= 11 is 0. The molecule has 92 valence electrons. The molecule has 0 amide bonds. The van der Waals surface area contributed by atoms with Gasteiger partial charge in [0.25, 0.3) is 0 Å². The fourth-order valence-electron chi connectivity index (χ4n) is 0.707. The average Bonchev–Trinajstić information content (AvgIpc) is 2.18. The van der Waals surface area contributed by atoms with Crippen LogP contribution in [-0.2, 0) is 14.3 Å². The van der Waals surface area contributed by atoms with Crippen LogP contribution in [0.15, 0.2) is 11.8 Å². The van der Waals surface area contributed by atoms with Crippen molar-refractivity contribution in [3.8, 4) is 0 Å². The molecule has 0 aromatic rings. The van der Waals surface area contributed by atoms with Crippen molar-refractivity contribution in [3.05, 3.63) is 11.8 Å². The predicted molar refractivity (Wildman–Crippen MR) is 44.6 cm³/mol. The van der Waals surface area contributed by atoms with Crippen LogP contribution in [0.25, 0.3) is 0 Å². The van der Waals surface area contributed by atoms with E-state index < -0.39 is 18.1 Å². The summed E-state index contributed by atoms with van der Waals surface area (Å²) in [4.78, 5) is 19.1. The maximum atomic E-state index is 10.6. The summed E-state index contributed by atoms with van der Waals surface area (Å²) in [5, 5.41) is 15.5. The van der Waals surface area contributed by atoms with E-state index in [4.69, 9.17) is 19.7 Å². The normalized spacial score (nSPS) is 15.1. The van der Waals surface area contributed by atoms with Gasteiger partial charge in [-0.1, -0.05) is 0 Å². The van der Waals surface area contributed by atoms with Crippen molar-refractivity contribution < 1.29 is 37.7 Å². The number of alkyl halides is 3. The summed E-state index contributed by atoms with van der Waals surface area (Å²) in [6, 6.07) is 0. The summed E-state index contributed by atoms with van der Waals surface area (Å²) in [5.74, 6) is -3.62. The fraction of sp³-hybridized carbons (Fsp3) is 0.500. The van der Waals surface area contributed by atoms with Crippen molar-refractivity contribution in [3.63, 3.8) is 0 Å². The molecule has 1 heterocycles. The molecule has 0 aromatic carbocycles. The van der Waals surface area contributed by atoms with Crippen molar-refractivity contribution in [2.75, 3.05) is 6.61 Å². The zero-order valence-electron chi connectivity index (χ0n) is 7.95. The highest BCUT2D eigenvalue weighted by Gasteiger charge is 2.38. The summed E-state index contributed by atoms with van der Waals surface area (Å²) in [6.07, 6.45) is -1.73. The molecular formula is C8H9F3O5. The number of halogens is 3. The van der Waals surface area contributed by atoms with Crippen LogP contribution in [0.1, 0.15) is 12.8 Å². The van der Waals surface area contributed by atoms with Gasteiger partial charge >= 0.3 is 18.1 Å². The topological polar surface area (TPSA) is 83.8 Å². The van der Waals surface area contributed by atoms with Gasteiger partial charge in [-0.3, -0.25) is 0 Å². The second-order valence-corrected chi connectivity index (χ2v) is 2.67. The van der Waals surface area contributed by atoms with E-state index >= 15 is 0 Å². The Labute approximate surface area is 88.1 Å². The number of ether oxygens (including phenoxy) is 1. The van der Waals surface area contributed by atoms with Gasteiger partial charge < -0.3 is 14.9 Å². The van der Waals surface area contributed by atoms with E-state index in [2.05, 4.69) is 0 Å². The van der Waals surface area contributed by atoms with E-state index in [1.807, 2.05) is 0 Å². The smallest absolute Gasteiger partial charge is 0.487 e. The maximum Gasteiger partial charge on any atom is 0.490 e. The Morgan fingerprint density at radius 1 is 1.31 bits per heavy atom. The molecule has 0 aliphatic carbocycles. The lowest BCUT2D eigenvalue weighted by molar-refractivity contribution is -0.192. The number of aliphatic carboxylic acids is 2. The van der Waals surface area contributed by atoms with Crippen LogP contribution in [-0.4, -0.2) is 34.9 Å². The Morgan fingerprint density at radius 2 is 1.81 bits per heavy atom. The minimum absolute atomic E-state index is 0.0984. The van der Waals surface area contributed by atoms with Gasteiger partial charge in [0.2, 0.25) is 0 Å². The van der Waals surface area contributed by atoms with Crippen LogP contribution in [0.3, 0.4) is 0 Å². The van der Waals surface area contributed by atoms with Gasteiger partial charge in [-0.05, 0) is 18.9 Å². The lowest BCUT2D eigenvalue weighted by Gasteiger charge is -2.09. The first-order chi connectivity index (χ1) is 7.25.